The van der Waals surface area contributed by atoms with E-state index in [-0.39, 0.29) is 0 Å². The number of rotatable bonds is 7. The second kappa shape index (κ2) is 7.81. The zero-order valence-electron chi connectivity index (χ0n) is 13.1. The van der Waals surface area contributed by atoms with Crippen LogP contribution in [0.2, 0.25) is 0 Å². The van der Waals surface area contributed by atoms with Gasteiger partial charge in [-0.05, 0) is 32.4 Å². The van der Waals surface area contributed by atoms with E-state index in [4.69, 9.17) is 9.15 Å². The molecule has 1 N–H and O–H groups in total. The number of morpholine rings is 1. The van der Waals surface area contributed by atoms with Crippen molar-refractivity contribution in [1.29, 1.82) is 0 Å². The molecule has 4 heteroatoms. The van der Waals surface area contributed by atoms with Gasteiger partial charge in [0.15, 0.2) is 0 Å². The summed E-state index contributed by atoms with van der Waals surface area (Å²) >= 11 is 0. The van der Waals surface area contributed by atoms with E-state index >= 15 is 0 Å². The van der Waals surface area contributed by atoms with Gasteiger partial charge in [0, 0.05) is 24.7 Å². The van der Waals surface area contributed by atoms with Gasteiger partial charge < -0.3 is 14.5 Å². The maximum Gasteiger partial charge on any atom is 0.118 e. The van der Waals surface area contributed by atoms with Crippen molar-refractivity contribution in [2.75, 3.05) is 26.3 Å². The fourth-order valence-corrected chi connectivity index (χ4v) is 2.71. The van der Waals surface area contributed by atoms with Crippen LogP contribution in [0, 0.1) is 6.92 Å². The van der Waals surface area contributed by atoms with Crippen molar-refractivity contribution in [2.24, 2.45) is 0 Å². The summed E-state index contributed by atoms with van der Waals surface area (Å²) in [4.78, 5) is 2.52. The normalized spacial score (nSPS) is 20.4. The zero-order chi connectivity index (χ0) is 14.4. The topological polar surface area (TPSA) is 37.6 Å². The monoisotopic (exact) mass is 280 g/mol. The summed E-state index contributed by atoms with van der Waals surface area (Å²) in [5.41, 5.74) is 1.32. The Balaban J connectivity index is 1.94. The molecule has 1 aliphatic rings. The van der Waals surface area contributed by atoms with Crippen LogP contribution in [0.4, 0.5) is 0 Å². The van der Waals surface area contributed by atoms with Crippen LogP contribution < -0.4 is 5.32 Å². The van der Waals surface area contributed by atoms with E-state index in [2.05, 4.69) is 37.1 Å². The number of ether oxygens (including phenoxy) is 1. The summed E-state index contributed by atoms with van der Waals surface area (Å²) in [7, 11) is 0. The summed E-state index contributed by atoms with van der Waals surface area (Å²) < 4.78 is 11.4. The molecule has 0 spiro atoms. The Morgan fingerprint density at radius 2 is 2.25 bits per heavy atom. The minimum atomic E-state index is 0.541. The maximum atomic E-state index is 5.85. The van der Waals surface area contributed by atoms with E-state index in [9.17, 15) is 0 Å². The Kier molecular flexibility index (Phi) is 6.07. The number of aryl methyl sites for hydroxylation is 1. The van der Waals surface area contributed by atoms with Crippen molar-refractivity contribution in [2.45, 2.75) is 52.7 Å². The second-order valence-electron chi connectivity index (χ2n) is 5.58. The molecule has 1 unspecified atom stereocenters. The third-order valence-corrected chi connectivity index (χ3v) is 3.99. The van der Waals surface area contributed by atoms with E-state index < -0.39 is 0 Å². The lowest BCUT2D eigenvalue weighted by molar-refractivity contribution is -0.0129. The highest BCUT2D eigenvalue weighted by atomic mass is 16.5. The van der Waals surface area contributed by atoms with Crippen molar-refractivity contribution < 1.29 is 9.15 Å². The van der Waals surface area contributed by atoms with Gasteiger partial charge in [0.2, 0.25) is 0 Å². The average molecular weight is 280 g/mol. The highest BCUT2D eigenvalue weighted by molar-refractivity contribution is 5.21. The fraction of sp³-hybridized carbons (Fsp3) is 0.750. The molecule has 0 radical (unpaired) electrons. The van der Waals surface area contributed by atoms with Gasteiger partial charge in [-0.1, -0.05) is 13.8 Å². The largest absolute Gasteiger partial charge is 0.465 e. The van der Waals surface area contributed by atoms with Crippen LogP contribution in [0.5, 0.6) is 0 Å². The molecule has 1 atom stereocenters. The number of nitrogens with one attached hydrogen (secondary N) is 1. The molecule has 0 bridgehead atoms. The quantitative estimate of drug-likeness (QED) is 0.779. The first-order valence-electron chi connectivity index (χ1n) is 7.85. The van der Waals surface area contributed by atoms with E-state index in [1.165, 1.54) is 5.56 Å². The lowest BCUT2D eigenvalue weighted by atomic mass is 10.1. The number of hydrogen-bond donors (Lipinski definition) is 1. The van der Waals surface area contributed by atoms with Crippen LogP contribution in [0.1, 0.15) is 43.8 Å². The molecule has 1 aliphatic heterocycles. The van der Waals surface area contributed by atoms with Crippen LogP contribution in [0.25, 0.3) is 0 Å². The lowest BCUT2D eigenvalue weighted by Gasteiger charge is -2.34. The first kappa shape index (κ1) is 15.5. The Bertz CT molecular complexity index is 403. The van der Waals surface area contributed by atoms with Gasteiger partial charge in [-0.15, -0.1) is 0 Å². The summed E-state index contributed by atoms with van der Waals surface area (Å²) in [5.74, 6) is 2.10. The van der Waals surface area contributed by atoms with Crippen molar-refractivity contribution in [3.8, 4) is 0 Å². The summed E-state index contributed by atoms with van der Waals surface area (Å²) in [6, 6.07) is 2.75. The lowest BCUT2D eigenvalue weighted by Crippen LogP contribution is -2.44. The van der Waals surface area contributed by atoms with Crippen molar-refractivity contribution >= 4 is 0 Å². The van der Waals surface area contributed by atoms with Crippen LogP contribution in [0.3, 0.4) is 0 Å². The standard InChI is InChI=1S/C16H28N2O2/c1-4-6-17-10-16-9-14(13(3)20-16)11-18-7-8-19-12-15(18)5-2/h9,15,17H,4-8,10-12H2,1-3H3. The highest BCUT2D eigenvalue weighted by Crippen LogP contribution is 2.20. The summed E-state index contributed by atoms with van der Waals surface area (Å²) in [6.07, 6.45) is 2.29. The molecule has 0 aromatic carbocycles. The third-order valence-electron chi connectivity index (χ3n) is 3.99. The van der Waals surface area contributed by atoms with Gasteiger partial charge >= 0.3 is 0 Å². The van der Waals surface area contributed by atoms with Crippen LogP contribution in [-0.2, 0) is 17.8 Å². The molecule has 0 aliphatic carbocycles. The zero-order valence-corrected chi connectivity index (χ0v) is 13.1. The SMILES string of the molecule is CCCNCc1cc(CN2CCOCC2CC)c(C)o1. The number of hydrogen-bond acceptors (Lipinski definition) is 4. The fourth-order valence-electron chi connectivity index (χ4n) is 2.71. The van der Waals surface area contributed by atoms with Gasteiger partial charge in [-0.2, -0.15) is 0 Å². The van der Waals surface area contributed by atoms with Crippen LogP contribution >= 0.6 is 0 Å². The van der Waals surface area contributed by atoms with Gasteiger partial charge in [0.1, 0.15) is 11.5 Å². The van der Waals surface area contributed by atoms with Gasteiger partial charge in [0.25, 0.3) is 0 Å². The maximum absolute atomic E-state index is 5.85. The molecule has 2 rings (SSSR count). The van der Waals surface area contributed by atoms with E-state index in [0.717, 1.165) is 63.8 Å². The molecule has 0 saturated carbocycles. The molecule has 20 heavy (non-hydrogen) atoms. The van der Waals surface area contributed by atoms with Crippen molar-refractivity contribution in [1.82, 2.24) is 10.2 Å². The highest BCUT2D eigenvalue weighted by Gasteiger charge is 2.22. The first-order chi connectivity index (χ1) is 9.74. The van der Waals surface area contributed by atoms with Crippen LogP contribution in [-0.4, -0.2) is 37.2 Å². The average Bonchev–Trinajstić information content (AvgIpc) is 2.80. The second-order valence-corrected chi connectivity index (χ2v) is 5.58. The summed E-state index contributed by atoms with van der Waals surface area (Å²) in [6.45, 7) is 12.0. The van der Waals surface area contributed by atoms with Gasteiger partial charge in [-0.3, -0.25) is 4.90 Å². The molecule has 1 aromatic heterocycles. The third kappa shape index (κ3) is 4.08. The van der Waals surface area contributed by atoms with E-state index in [1.807, 2.05) is 0 Å². The molecule has 1 saturated heterocycles. The molecular formula is C16H28N2O2. The van der Waals surface area contributed by atoms with Gasteiger partial charge in [-0.25, -0.2) is 0 Å². The molecule has 1 aromatic rings. The van der Waals surface area contributed by atoms with Crippen molar-refractivity contribution in [3.05, 3.63) is 23.2 Å². The minimum absolute atomic E-state index is 0.541. The molecule has 2 heterocycles. The van der Waals surface area contributed by atoms with Gasteiger partial charge in [0.05, 0.1) is 19.8 Å². The van der Waals surface area contributed by atoms with Crippen molar-refractivity contribution in [3.63, 3.8) is 0 Å². The predicted molar refractivity (Wildman–Crippen MR) is 80.8 cm³/mol. The molecule has 114 valence electrons. The number of furan rings is 1. The van der Waals surface area contributed by atoms with Crippen LogP contribution in [0.15, 0.2) is 10.5 Å². The first-order valence-corrected chi connectivity index (χ1v) is 7.85. The molecule has 0 amide bonds. The predicted octanol–water partition coefficient (Wildman–Crippen LogP) is 2.70. The molecule has 1 fully saturated rings. The Morgan fingerprint density at radius 1 is 1.40 bits per heavy atom. The van der Waals surface area contributed by atoms with E-state index in [1.54, 1.807) is 0 Å². The Morgan fingerprint density at radius 3 is 3.00 bits per heavy atom. The Hall–Kier alpha value is -0.840. The smallest absolute Gasteiger partial charge is 0.118 e. The summed E-state index contributed by atoms with van der Waals surface area (Å²) in [5, 5.41) is 3.39. The minimum Gasteiger partial charge on any atom is -0.465 e. The number of nitrogens with zero attached hydrogens (tertiary/aromatic N) is 1. The molecule has 4 nitrogen and oxygen atoms in total. The van der Waals surface area contributed by atoms with E-state index in [0.29, 0.717) is 6.04 Å². The molecular weight excluding hydrogens is 252 g/mol. The Labute approximate surface area is 122 Å².